The zero-order chi connectivity index (χ0) is 14.0. The predicted molar refractivity (Wildman–Crippen MR) is 90.8 cm³/mol. The van der Waals surface area contributed by atoms with Crippen molar-refractivity contribution in [3.63, 3.8) is 0 Å². The average molecular weight is 429 g/mol. The third-order valence-corrected chi connectivity index (χ3v) is 4.31. The number of rotatable bonds is 3. The van der Waals surface area contributed by atoms with E-state index in [0.29, 0.717) is 6.42 Å². The summed E-state index contributed by atoms with van der Waals surface area (Å²) in [6, 6.07) is 12.1. The monoisotopic (exact) mass is 428 g/mol. The average Bonchev–Trinajstić information content (AvgIpc) is 2.30. The SMILES string of the molecule is Cc1cc(C)cc(CC(=O)c2cc(Br)ccc2I)c1. The molecule has 0 aromatic heterocycles. The Morgan fingerprint density at radius 2 is 1.74 bits per heavy atom. The van der Waals surface area contributed by atoms with Crippen LogP contribution in [0.25, 0.3) is 0 Å². The summed E-state index contributed by atoms with van der Waals surface area (Å²) in [5.74, 6) is 0.163. The van der Waals surface area contributed by atoms with Gasteiger partial charge in [-0.15, -0.1) is 0 Å². The van der Waals surface area contributed by atoms with E-state index in [9.17, 15) is 4.79 Å². The molecule has 0 amide bonds. The molecule has 0 bridgehead atoms. The molecule has 2 rings (SSSR count). The number of carbonyl (C=O) groups excluding carboxylic acids is 1. The largest absolute Gasteiger partial charge is 0.294 e. The number of ketones is 1. The Morgan fingerprint density at radius 1 is 1.11 bits per heavy atom. The van der Waals surface area contributed by atoms with Gasteiger partial charge in [0, 0.05) is 20.0 Å². The fourth-order valence-corrected chi connectivity index (χ4v) is 3.16. The van der Waals surface area contributed by atoms with Gasteiger partial charge in [-0.05, 0) is 60.2 Å². The molecule has 0 aliphatic carbocycles. The first-order chi connectivity index (χ1) is 8.95. The maximum absolute atomic E-state index is 12.4. The molecule has 0 radical (unpaired) electrons. The second kappa shape index (κ2) is 6.18. The first kappa shape index (κ1) is 14.7. The number of benzene rings is 2. The zero-order valence-electron chi connectivity index (χ0n) is 10.8. The van der Waals surface area contributed by atoms with Crippen LogP contribution in [0.4, 0.5) is 0 Å². The number of halogens is 2. The maximum atomic E-state index is 12.4. The molecule has 1 nitrogen and oxygen atoms in total. The lowest BCUT2D eigenvalue weighted by molar-refractivity contribution is 0.0992. The molecular formula is C16H14BrIO. The number of hydrogen-bond acceptors (Lipinski definition) is 1. The highest BCUT2D eigenvalue weighted by molar-refractivity contribution is 14.1. The van der Waals surface area contributed by atoms with Crippen LogP contribution in [0.5, 0.6) is 0 Å². The Kier molecular flexibility index (Phi) is 4.79. The molecule has 98 valence electrons. The lowest BCUT2D eigenvalue weighted by Crippen LogP contribution is -2.06. The molecule has 0 atom stereocenters. The van der Waals surface area contributed by atoms with E-state index in [-0.39, 0.29) is 5.78 Å². The van der Waals surface area contributed by atoms with E-state index in [1.54, 1.807) is 0 Å². The van der Waals surface area contributed by atoms with Gasteiger partial charge >= 0.3 is 0 Å². The summed E-state index contributed by atoms with van der Waals surface area (Å²) >= 11 is 5.62. The number of carbonyl (C=O) groups is 1. The molecule has 0 aliphatic heterocycles. The van der Waals surface area contributed by atoms with Crippen molar-refractivity contribution in [3.8, 4) is 0 Å². The standard InChI is InChI=1S/C16H14BrIO/c1-10-5-11(2)7-12(6-10)8-16(19)14-9-13(17)3-4-15(14)18/h3-7,9H,8H2,1-2H3. The third-order valence-electron chi connectivity index (χ3n) is 2.87. The molecule has 19 heavy (non-hydrogen) atoms. The minimum absolute atomic E-state index is 0.163. The second-order valence-corrected chi connectivity index (χ2v) is 6.80. The molecule has 0 spiro atoms. The highest BCUT2D eigenvalue weighted by atomic mass is 127. The summed E-state index contributed by atoms with van der Waals surface area (Å²) in [4.78, 5) is 12.4. The second-order valence-electron chi connectivity index (χ2n) is 4.72. The van der Waals surface area contributed by atoms with Crippen molar-refractivity contribution in [3.05, 3.63) is 66.7 Å². The van der Waals surface area contributed by atoms with Gasteiger partial charge < -0.3 is 0 Å². The lowest BCUT2D eigenvalue weighted by atomic mass is 10.00. The van der Waals surface area contributed by atoms with Gasteiger partial charge in [-0.2, -0.15) is 0 Å². The Hall–Kier alpha value is -0.680. The number of Topliss-reactive ketones (excluding diaryl/α,β-unsaturated/α-hetero) is 1. The molecule has 0 N–H and O–H groups in total. The van der Waals surface area contributed by atoms with Gasteiger partial charge in [0.05, 0.1) is 0 Å². The van der Waals surface area contributed by atoms with Crippen LogP contribution >= 0.6 is 38.5 Å². The topological polar surface area (TPSA) is 17.1 Å². The predicted octanol–water partition coefficient (Wildman–Crippen LogP) is 5.10. The van der Waals surface area contributed by atoms with Crippen LogP contribution < -0.4 is 0 Å². The molecule has 0 aliphatic rings. The van der Waals surface area contributed by atoms with Crippen LogP contribution in [-0.2, 0) is 6.42 Å². The van der Waals surface area contributed by atoms with Crippen molar-refractivity contribution < 1.29 is 4.79 Å². The van der Waals surface area contributed by atoms with Gasteiger partial charge in [0.1, 0.15) is 0 Å². The Morgan fingerprint density at radius 3 is 2.37 bits per heavy atom. The van der Waals surface area contributed by atoms with Crippen LogP contribution in [0.15, 0.2) is 40.9 Å². The van der Waals surface area contributed by atoms with E-state index in [1.165, 1.54) is 11.1 Å². The zero-order valence-corrected chi connectivity index (χ0v) is 14.6. The first-order valence-electron chi connectivity index (χ1n) is 6.01. The highest BCUT2D eigenvalue weighted by Gasteiger charge is 2.11. The molecule has 0 saturated carbocycles. The minimum atomic E-state index is 0.163. The van der Waals surface area contributed by atoms with Crippen LogP contribution in [0.1, 0.15) is 27.0 Å². The van der Waals surface area contributed by atoms with Gasteiger partial charge in [0.25, 0.3) is 0 Å². The first-order valence-corrected chi connectivity index (χ1v) is 7.88. The quantitative estimate of drug-likeness (QED) is 0.491. The van der Waals surface area contributed by atoms with Crippen LogP contribution in [0, 0.1) is 17.4 Å². The van der Waals surface area contributed by atoms with Crippen LogP contribution in [0.2, 0.25) is 0 Å². The lowest BCUT2D eigenvalue weighted by Gasteiger charge is -2.07. The number of hydrogen-bond donors (Lipinski definition) is 0. The van der Waals surface area contributed by atoms with Crippen molar-refractivity contribution in [1.29, 1.82) is 0 Å². The normalized spacial score (nSPS) is 10.5. The Bertz CT molecular complexity index is 614. The summed E-state index contributed by atoms with van der Waals surface area (Å²) in [6.07, 6.45) is 0.453. The summed E-state index contributed by atoms with van der Waals surface area (Å²) in [5, 5.41) is 0. The van der Waals surface area contributed by atoms with Crippen molar-refractivity contribution in [2.45, 2.75) is 20.3 Å². The summed E-state index contributed by atoms with van der Waals surface area (Å²) in [6.45, 7) is 4.12. The molecule has 3 heteroatoms. The van der Waals surface area contributed by atoms with Crippen LogP contribution in [0.3, 0.4) is 0 Å². The minimum Gasteiger partial charge on any atom is -0.294 e. The molecule has 0 unspecified atom stereocenters. The Labute approximate surface area is 135 Å². The molecule has 0 heterocycles. The molecule has 2 aromatic rings. The van der Waals surface area contributed by atoms with Gasteiger partial charge in [-0.3, -0.25) is 4.79 Å². The molecule has 2 aromatic carbocycles. The van der Waals surface area contributed by atoms with E-state index in [2.05, 4.69) is 70.6 Å². The van der Waals surface area contributed by atoms with Gasteiger partial charge in [-0.1, -0.05) is 45.3 Å². The maximum Gasteiger partial charge on any atom is 0.168 e. The van der Waals surface area contributed by atoms with Crippen LogP contribution in [-0.4, -0.2) is 5.78 Å². The number of aryl methyl sites for hydroxylation is 2. The third kappa shape index (κ3) is 3.89. The fourth-order valence-electron chi connectivity index (χ4n) is 2.16. The summed E-state index contributed by atoms with van der Waals surface area (Å²) in [5.41, 5.74) is 4.27. The highest BCUT2D eigenvalue weighted by Crippen LogP contribution is 2.20. The van der Waals surface area contributed by atoms with Gasteiger partial charge in [-0.25, -0.2) is 0 Å². The molecule has 0 fully saturated rings. The molecular weight excluding hydrogens is 415 g/mol. The summed E-state index contributed by atoms with van der Waals surface area (Å²) in [7, 11) is 0. The smallest absolute Gasteiger partial charge is 0.168 e. The van der Waals surface area contributed by atoms with E-state index in [0.717, 1.165) is 19.2 Å². The van der Waals surface area contributed by atoms with E-state index in [4.69, 9.17) is 0 Å². The van der Waals surface area contributed by atoms with Crippen molar-refractivity contribution >= 4 is 44.3 Å². The molecule has 0 saturated heterocycles. The van der Waals surface area contributed by atoms with E-state index < -0.39 is 0 Å². The van der Waals surface area contributed by atoms with Crippen molar-refractivity contribution in [2.75, 3.05) is 0 Å². The Balaban J connectivity index is 2.28. The van der Waals surface area contributed by atoms with Crippen molar-refractivity contribution in [1.82, 2.24) is 0 Å². The van der Waals surface area contributed by atoms with E-state index >= 15 is 0 Å². The van der Waals surface area contributed by atoms with Gasteiger partial charge in [0.15, 0.2) is 5.78 Å². The fraction of sp³-hybridized carbons (Fsp3) is 0.188. The van der Waals surface area contributed by atoms with Crippen molar-refractivity contribution in [2.24, 2.45) is 0 Å². The van der Waals surface area contributed by atoms with E-state index in [1.807, 2.05) is 18.2 Å². The summed E-state index contributed by atoms with van der Waals surface area (Å²) < 4.78 is 1.94. The van der Waals surface area contributed by atoms with Gasteiger partial charge in [0.2, 0.25) is 0 Å².